The van der Waals surface area contributed by atoms with Gasteiger partial charge in [-0.15, -0.1) is 4.31 Å². The fourth-order valence-corrected chi connectivity index (χ4v) is 4.71. The molecule has 2 heterocycles. The molecule has 0 saturated carbocycles. The van der Waals surface area contributed by atoms with Crippen LogP contribution in [0, 0.1) is 13.8 Å². The predicted molar refractivity (Wildman–Crippen MR) is 110 cm³/mol. The fraction of sp³-hybridized carbons (Fsp3) is 0.524. The second-order valence-corrected chi connectivity index (χ2v) is 8.93. The van der Waals surface area contributed by atoms with Gasteiger partial charge in [-0.3, -0.25) is 9.59 Å². The normalized spacial score (nSPS) is 20.7. The summed E-state index contributed by atoms with van der Waals surface area (Å²) >= 11 is -1.26. The van der Waals surface area contributed by atoms with Crippen molar-refractivity contribution in [2.45, 2.75) is 45.6 Å². The first-order chi connectivity index (χ1) is 13.3. The number of Topliss-reactive ketones (excluding diaryl/α,β-unsaturated/α-hetero) is 1. The van der Waals surface area contributed by atoms with Crippen LogP contribution in [0.3, 0.4) is 0 Å². The zero-order valence-corrected chi connectivity index (χ0v) is 17.3. The lowest BCUT2D eigenvalue weighted by atomic mass is 9.98. The largest absolute Gasteiger partial charge is 0.593 e. The van der Waals surface area contributed by atoms with Gasteiger partial charge in [0.1, 0.15) is 11.2 Å². The Balaban J connectivity index is 1.69. The molecule has 1 atom stereocenters. The molecule has 7 heteroatoms. The lowest BCUT2D eigenvalue weighted by molar-refractivity contribution is -0.120. The maximum absolute atomic E-state index is 12.8. The number of benzene rings is 1. The van der Waals surface area contributed by atoms with Crippen molar-refractivity contribution in [1.29, 1.82) is 0 Å². The van der Waals surface area contributed by atoms with Gasteiger partial charge in [0.2, 0.25) is 0 Å². The molecule has 0 radical (unpaired) electrons. The van der Waals surface area contributed by atoms with Gasteiger partial charge in [0.15, 0.2) is 0 Å². The molecule has 0 aliphatic carbocycles. The molecule has 2 aliphatic heterocycles. The van der Waals surface area contributed by atoms with E-state index in [1.165, 1.54) is 0 Å². The molecule has 2 saturated heterocycles. The number of hydrogen-bond acceptors (Lipinski definition) is 5. The Bertz CT molecular complexity index is 739. The number of aliphatic hydroxyl groups is 1. The number of carbonyl (C=O) groups excluding carboxylic acids is 2. The van der Waals surface area contributed by atoms with Gasteiger partial charge in [0.25, 0.3) is 5.91 Å². The van der Waals surface area contributed by atoms with Crippen LogP contribution in [-0.4, -0.2) is 62.8 Å². The number of nitrogens with zero attached hydrogens (tertiary/aromatic N) is 2. The van der Waals surface area contributed by atoms with Crippen LogP contribution in [0.25, 0.3) is 6.08 Å². The number of hydrogen-bond donors (Lipinski definition) is 1. The summed E-state index contributed by atoms with van der Waals surface area (Å²) < 4.78 is 14.3. The van der Waals surface area contributed by atoms with Crippen molar-refractivity contribution in [1.82, 2.24) is 9.21 Å². The van der Waals surface area contributed by atoms with E-state index in [4.69, 9.17) is 0 Å². The Morgan fingerprint density at radius 3 is 2.29 bits per heavy atom. The van der Waals surface area contributed by atoms with Crippen LogP contribution in [0.4, 0.5) is 0 Å². The molecular formula is C21H28N2O4S. The van der Waals surface area contributed by atoms with Crippen molar-refractivity contribution >= 4 is 29.1 Å². The van der Waals surface area contributed by atoms with Crippen LogP contribution < -0.4 is 0 Å². The number of aryl methyl sites for hydroxylation is 2. The van der Waals surface area contributed by atoms with Crippen LogP contribution in [0.15, 0.2) is 17.5 Å². The van der Waals surface area contributed by atoms with Crippen molar-refractivity contribution in [3.8, 4) is 0 Å². The van der Waals surface area contributed by atoms with Crippen LogP contribution in [0.2, 0.25) is 0 Å². The number of carbonyl (C=O) groups is 2. The maximum Gasteiger partial charge on any atom is 0.253 e. The standard InChI is InChI=1S/C21H28N2O4S/c1-15-13-17(21(26)22-8-3-18(24)4-9-22)14-16(2)20(15)7-12-28(27)23-10-5-19(25)6-11-23/h7,12-14,18,24H,3-6,8-11H2,1-2H3/b12-7+/t28-/m0/s1. The van der Waals surface area contributed by atoms with E-state index in [2.05, 4.69) is 0 Å². The minimum atomic E-state index is -1.26. The lowest BCUT2D eigenvalue weighted by Gasteiger charge is -2.30. The summed E-state index contributed by atoms with van der Waals surface area (Å²) in [7, 11) is 0. The lowest BCUT2D eigenvalue weighted by Crippen LogP contribution is -2.40. The second-order valence-electron chi connectivity index (χ2n) is 7.59. The van der Waals surface area contributed by atoms with Gasteiger partial charge in [-0.05, 0) is 61.6 Å². The molecule has 2 fully saturated rings. The number of piperidine rings is 2. The third kappa shape index (κ3) is 5.03. The Kier molecular flexibility index (Phi) is 6.93. The SMILES string of the molecule is Cc1cc(C(=O)N2CCC(O)CC2)cc(C)c1/C=C/[S@+]([O-])N1CCC(=O)CC1. The minimum absolute atomic E-state index is 0.00445. The topological polar surface area (TPSA) is 83.9 Å². The molecule has 1 amide bonds. The van der Waals surface area contributed by atoms with Crippen molar-refractivity contribution in [2.75, 3.05) is 26.2 Å². The average Bonchev–Trinajstić information content (AvgIpc) is 2.67. The van der Waals surface area contributed by atoms with E-state index in [1.54, 1.807) is 10.3 Å². The first-order valence-electron chi connectivity index (χ1n) is 9.79. The Morgan fingerprint density at radius 1 is 1.14 bits per heavy atom. The average molecular weight is 405 g/mol. The number of aliphatic hydroxyl groups excluding tert-OH is 1. The Hall–Kier alpha value is -1.67. The molecule has 0 spiro atoms. The van der Waals surface area contributed by atoms with Gasteiger partial charge in [0.05, 0.1) is 30.6 Å². The zero-order chi connectivity index (χ0) is 20.3. The number of rotatable bonds is 4. The van der Waals surface area contributed by atoms with Crippen molar-refractivity contribution in [3.63, 3.8) is 0 Å². The summed E-state index contributed by atoms with van der Waals surface area (Å²) in [6.45, 7) is 6.13. The van der Waals surface area contributed by atoms with Crippen LogP contribution >= 0.6 is 0 Å². The molecule has 6 nitrogen and oxygen atoms in total. The summed E-state index contributed by atoms with van der Waals surface area (Å²) in [6, 6.07) is 3.76. The Morgan fingerprint density at radius 2 is 1.71 bits per heavy atom. The summed E-state index contributed by atoms with van der Waals surface area (Å²) in [5, 5.41) is 11.3. The third-order valence-electron chi connectivity index (χ3n) is 5.48. The van der Waals surface area contributed by atoms with Crippen LogP contribution in [0.1, 0.15) is 52.7 Å². The molecule has 0 aromatic heterocycles. The number of ketones is 1. The second kappa shape index (κ2) is 9.22. The summed E-state index contributed by atoms with van der Waals surface area (Å²) in [4.78, 5) is 25.9. The van der Waals surface area contributed by atoms with Gasteiger partial charge >= 0.3 is 0 Å². The van der Waals surface area contributed by atoms with Crippen molar-refractivity contribution < 1.29 is 19.2 Å². The highest BCUT2D eigenvalue weighted by Crippen LogP contribution is 2.22. The molecular weight excluding hydrogens is 376 g/mol. The highest BCUT2D eigenvalue weighted by atomic mass is 32.2. The molecule has 28 heavy (non-hydrogen) atoms. The van der Waals surface area contributed by atoms with Gasteiger partial charge in [-0.1, -0.05) is 0 Å². The molecule has 1 aromatic carbocycles. The predicted octanol–water partition coefficient (Wildman–Crippen LogP) is 2.20. The maximum atomic E-state index is 12.8. The molecule has 1 N–H and O–H groups in total. The smallest absolute Gasteiger partial charge is 0.253 e. The van der Waals surface area contributed by atoms with E-state index in [9.17, 15) is 19.2 Å². The van der Waals surface area contributed by atoms with E-state index in [-0.39, 0.29) is 17.8 Å². The van der Waals surface area contributed by atoms with E-state index in [0.29, 0.717) is 57.4 Å². The minimum Gasteiger partial charge on any atom is -0.593 e. The fourth-order valence-electron chi connectivity index (χ4n) is 3.74. The van der Waals surface area contributed by atoms with Gasteiger partial charge in [0, 0.05) is 31.5 Å². The van der Waals surface area contributed by atoms with Crippen molar-refractivity contribution in [2.24, 2.45) is 0 Å². The molecule has 1 aromatic rings. The van der Waals surface area contributed by atoms with E-state index in [0.717, 1.165) is 16.7 Å². The highest BCUT2D eigenvalue weighted by Gasteiger charge is 2.25. The van der Waals surface area contributed by atoms with Gasteiger partial charge < -0.3 is 14.6 Å². The quantitative estimate of drug-likeness (QED) is 0.778. The van der Waals surface area contributed by atoms with E-state index >= 15 is 0 Å². The van der Waals surface area contributed by atoms with Crippen LogP contribution in [0.5, 0.6) is 0 Å². The van der Waals surface area contributed by atoms with E-state index in [1.807, 2.05) is 36.4 Å². The molecule has 0 bridgehead atoms. The first kappa shape index (κ1) is 21.0. The summed E-state index contributed by atoms with van der Waals surface area (Å²) in [6.07, 6.45) is 3.71. The molecule has 2 aliphatic rings. The number of amides is 1. The third-order valence-corrected chi connectivity index (χ3v) is 6.72. The summed E-state index contributed by atoms with van der Waals surface area (Å²) in [5.41, 5.74) is 3.54. The molecule has 0 unspecified atom stereocenters. The zero-order valence-electron chi connectivity index (χ0n) is 16.5. The van der Waals surface area contributed by atoms with Gasteiger partial charge in [-0.25, -0.2) is 0 Å². The first-order valence-corrected chi connectivity index (χ1v) is 11.0. The molecule has 152 valence electrons. The highest BCUT2D eigenvalue weighted by molar-refractivity contribution is 7.92. The van der Waals surface area contributed by atoms with Crippen LogP contribution in [-0.2, 0) is 16.2 Å². The Labute approximate surface area is 169 Å². The van der Waals surface area contributed by atoms with Gasteiger partial charge in [-0.2, -0.15) is 0 Å². The monoisotopic (exact) mass is 404 g/mol. The van der Waals surface area contributed by atoms with Crippen molar-refractivity contribution in [3.05, 3.63) is 39.8 Å². The number of likely N-dealkylation sites (tertiary alicyclic amines) is 1. The molecule has 3 rings (SSSR count). The van der Waals surface area contributed by atoms with E-state index < -0.39 is 11.4 Å². The summed E-state index contributed by atoms with van der Waals surface area (Å²) in [5.74, 6) is 0.225.